The molecule has 1 saturated carbocycles. The first-order valence-corrected chi connectivity index (χ1v) is 5.48. The number of likely N-dealkylation sites (tertiary alicyclic amines) is 1. The molecule has 2 unspecified atom stereocenters. The van der Waals surface area contributed by atoms with Gasteiger partial charge in [0.05, 0.1) is 5.41 Å². The van der Waals surface area contributed by atoms with Crippen LogP contribution in [0.3, 0.4) is 0 Å². The Bertz CT molecular complexity index is 412. The van der Waals surface area contributed by atoms with Gasteiger partial charge in [-0.2, -0.15) is 0 Å². The van der Waals surface area contributed by atoms with Gasteiger partial charge < -0.3 is 9.84 Å². The number of carboxylic acid groups (broad SMARTS) is 1. The number of ether oxygens (including phenoxy) is 1. The fourth-order valence-electron chi connectivity index (χ4n) is 2.38. The molecule has 0 aromatic rings. The molecule has 100 valence electrons. The second kappa shape index (κ2) is 3.93. The number of rotatable bonds is 3. The highest BCUT2D eigenvalue weighted by Gasteiger charge is 2.75. The quantitative estimate of drug-likeness (QED) is 0.782. The number of hydrogen-bond acceptors (Lipinski definition) is 3. The van der Waals surface area contributed by atoms with E-state index in [1.165, 1.54) is 6.08 Å². The van der Waals surface area contributed by atoms with E-state index in [1.807, 2.05) is 0 Å². The highest BCUT2D eigenvalue weighted by atomic mass is 19.3. The zero-order chi connectivity index (χ0) is 13.6. The summed E-state index contributed by atoms with van der Waals surface area (Å²) < 4.78 is 31.2. The van der Waals surface area contributed by atoms with E-state index < -0.39 is 29.4 Å². The second-order valence-electron chi connectivity index (χ2n) is 4.71. The van der Waals surface area contributed by atoms with Gasteiger partial charge in [-0.1, -0.05) is 12.7 Å². The van der Waals surface area contributed by atoms with Crippen LogP contribution in [0.5, 0.6) is 0 Å². The van der Waals surface area contributed by atoms with Crippen LogP contribution in [0.1, 0.15) is 12.8 Å². The largest absolute Gasteiger partial charge is 0.480 e. The zero-order valence-electron chi connectivity index (χ0n) is 9.57. The molecule has 1 saturated heterocycles. The summed E-state index contributed by atoms with van der Waals surface area (Å²) in [6.45, 7) is 3.00. The molecule has 18 heavy (non-hydrogen) atoms. The Morgan fingerprint density at radius 1 is 1.56 bits per heavy atom. The average molecular weight is 261 g/mol. The summed E-state index contributed by atoms with van der Waals surface area (Å²) in [6.07, 6.45) is -0.152. The average Bonchev–Trinajstić information content (AvgIpc) is 2.66. The van der Waals surface area contributed by atoms with Crippen molar-refractivity contribution in [2.45, 2.75) is 24.8 Å². The van der Waals surface area contributed by atoms with Gasteiger partial charge in [0.2, 0.25) is 0 Å². The molecule has 2 aliphatic rings. The Morgan fingerprint density at radius 3 is 2.61 bits per heavy atom. The Morgan fingerprint density at radius 2 is 2.17 bits per heavy atom. The third kappa shape index (κ3) is 1.83. The molecule has 2 rings (SSSR count). The molecule has 5 nitrogen and oxygen atoms in total. The van der Waals surface area contributed by atoms with Gasteiger partial charge in [0.25, 0.3) is 5.92 Å². The van der Waals surface area contributed by atoms with Crippen LogP contribution in [0.25, 0.3) is 0 Å². The van der Waals surface area contributed by atoms with Crippen LogP contribution in [0.4, 0.5) is 13.6 Å². The summed E-state index contributed by atoms with van der Waals surface area (Å²) >= 11 is 0. The van der Waals surface area contributed by atoms with E-state index in [1.54, 1.807) is 0 Å². The number of amides is 1. The van der Waals surface area contributed by atoms with Crippen LogP contribution < -0.4 is 0 Å². The lowest BCUT2D eigenvalue weighted by atomic mass is 10.0. The summed E-state index contributed by atoms with van der Waals surface area (Å²) in [7, 11) is 0. The molecule has 7 heteroatoms. The number of halogens is 2. The fourth-order valence-corrected chi connectivity index (χ4v) is 2.38. The van der Waals surface area contributed by atoms with E-state index in [0.717, 1.165) is 4.90 Å². The van der Waals surface area contributed by atoms with Crippen molar-refractivity contribution in [1.29, 1.82) is 0 Å². The normalized spacial score (nSPS) is 32.3. The van der Waals surface area contributed by atoms with Gasteiger partial charge in [-0.05, 0) is 6.42 Å². The minimum Gasteiger partial charge on any atom is -0.480 e. The first kappa shape index (κ1) is 12.8. The zero-order valence-corrected chi connectivity index (χ0v) is 9.57. The smallest absolute Gasteiger partial charge is 0.410 e. The molecular formula is C11H13F2NO4. The number of alkyl halides is 2. The number of nitrogens with zero attached hydrogens (tertiary/aromatic N) is 1. The number of hydrogen-bond donors (Lipinski definition) is 1. The number of carbonyl (C=O) groups excluding carboxylic acids is 1. The van der Waals surface area contributed by atoms with Gasteiger partial charge in [0, 0.05) is 13.0 Å². The van der Waals surface area contributed by atoms with Crippen LogP contribution in [0.15, 0.2) is 12.7 Å². The van der Waals surface area contributed by atoms with Crippen LogP contribution in [-0.2, 0) is 9.53 Å². The molecule has 0 bridgehead atoms. The van der Waals surface area contributed by atoms with Crippen molar-refractivity contribution >= 4 is 12.1 Å². The monoisotopic (exact) mass is 261 g/mol. The van der Waals surface area contributed by atoms with E-state index in [-0.39, 0.29) is 26.0 Å². The minimum absolute atomic E-state index is 0.0783. The Balaban J connectivity index is 2.11. The SMILES string of the molecule is C=CCOC(=O)N1CC2(CC1C(=O)O)CC2(F)F. The van der Waals surface area contributed by atoms with Crippen LogP contribution in [-0.4, -0.2) is 47.2 Å². The van der Waals surface area contributed by atoms with Crippen molar-refractivity contribution in [3.63, 3.8) is 0 Å². The standard InChI is InChI=1S/C11H13F2NO4/c1-2-3-18-9(17)14-6-10(5-11(10,12)13)4-7(14)8(15)16/h2,7H,1,3-6H2,(H,15,16). The van der Waals surface area contributed by atoms with Gasteiger partial charge in [-0.3, -0.25) is 4.90 Å². The Kier molecular flexibility index (Phi) is 2.79. The lowest BCUT2D eigenvalue weighted by Crippen LogP contribution is -2.40. The molecule has 2 atom stereocenters. The van der Waals surface area contributed by atoms with Gasteiger partial charge >= 0.3 is 12.1 Å². The van der Waals surface area contributed by atoms with E-state index in [2.05, 4.69) is 6.58 Å². The first-order valence-electron chi connectivity index (χ1n) is 5.48. The summed E-state index contributed by atoms with van der Waals surface area (Å²) in [5.41, 5.74) is -1.37. The van der Waals surface area contributed by atoms with Crippen LogP contribution >= 0.6 is 0 Å². The maximum Gasteiger partial charge on any atom is 0.410 e. The number of aliphatic carboxylic acids is 1. The molecule has 1 aliphatic heterocycles. The van der Waals surface area contributed by atoms with E-state index >= 15 is 0 Å². The predicted octanol–water partition coefficient (Wildman–Crippen LogP) is 1.49. The highest BCUT2D eigenvalue weighted by molar-refractivity contribution is 5.81. The molecule has 0 aromatic carbocycles. The second-order valence-corrected chi connectivity index (χ2v) is 4.71. The van der Waals surface area contributed by atoms with Crippen molar-refractivity contribution in [3.05, 3.63) is 12.7 Å². The molecule has 1 amide bonds. The Labute approximate surface area is 102 Å². The van der Waals surface area contributed by atoms with Crippen LogP contribution in [0.2, 0.25) is 0 Å². The maximum absolute atomic E-state index is 13.2. The van der Waals surface area contributed by atoms with Crippen molar-refractivity contribution in [2.75, 3.05) is 13.2 Å². The van der Waals surface area contributed by atoms with E-state index in [0.29, 0.717) is 0 Å². The van der Waals surface area contributed by atoms with Crippen molar-refractivity contribution in [1.82, 2.24) is 4.90 Å². The summed E-state index contributed by atoms with van der Waals surface area (Å²) in [6, 6.07) is -1.24. The third-order valence-electron chi connectivity index (χ3n) is 3.49. The van der Waals surface area contributed by atoms with Crippen molar-refractivity contribution in [3.8, 4) is 0 Å². The Hall–Kier alpha value is -1.66. The molecule has 1 heterocycles. The fraction of sp³-hybridized carbons (Fsp3) is 0.636. The highest BCUT2D eigenvalue weighted by Crippen LogP contribution is 2.66. The summed E-state index contributed by atoms with van der Waals surface area (Å²) in [4.78, 5) is 23.5. The lowest BCUT2D eigenvalue weighted by molar-refractivity contribution is -0.141. The summed E-state index contributed by atoms with van der Waals surface area (Å²) in [5.74, 6) is -4.17. The molecule has 1 N–H and O–H groups in total. The van der Waals surface area contributed by atoms with Gasteiger partial charge in [-0.15, -0.1) is 0 Å². The lowest BCUT2D eigenvalue weighted by Gasteiger charge is -2.20. The van der Waals surface area contributed by atoms with Crippen LogP contribution in [0, 0.1) is 5.41 Å². The van der Waals surface area contributed by atoms with Gasteiger partial charge in [-0.25, -0.2) is 18.4 Å². The molecule has 1 aliphatic carbocycles. The first-order chi connectivity index (χ1) is 8.33. The molecular weight excluding hydrogens is 248 g/mol. The van der Waals surface area contributed by atoms with Crippen molar-refractivity contribution < 1.29 is 28.2 Å². The number of carbonyl (C=O) groups is 2. The maximum atomic E-state index is 13.2. The molecule has 0 radical (unpaired) electrons. The summed E-state index contributed by atoms with van der Waals surface area (Å²) in [5, 5.41) is 8.97. The minimum atomic E-state index is -2.88. The molecule has 1 spiro atoms. The van der Waals surface area contributed by atoms with Gasteiger partial charge in [0.1, 0.15) is 12.6 Å². The molecule has 2 fully saturated rings. The van der Waals surface area contributed by atoms with E-state index in [4.69, 9.17) is 9.84 Å². The van der Waals surface area contributed by atoms with E-state index in [9.17, 15) is 18.4 Å². The third-order valence-corrected chi connectivity index (χ3v) is 3.49. The predicted molar refractivity (Wildman–Crippen MR) is 56.3 cm³/mol. The topological polar surface area (TPSA) is 66.8 Å². The number of carboxylic acids is 1. The van der Waals surface area contributed by atoms with Gasteiger partial charge in [0.15, 0.2) is 0 Å². The van der Waals surface area contributed by atoms with Crippen molar-refractivity contribution in [2.24, 2.45) is 5.41 Å². The molecule has 0 aromatic heterocycles.